The summed E-state index contributed by atoms with van der Waals surface area (Å²) in [4.78, 5) is 19.7. The van der Waals surface area contributed by atoms with Crippen LogP contribution in [0.5, 0.6) is 5.75 Å². The van der Waals surface area contributed by atoms with E-state index < -0.39 is 0 Å². The zero-order valence-electron chi connectivity index (χ0n) is 13.9. The van der Waals surface area contributed by atoms with Gasteiger partial charge in [-0.2, -0.15) is 14.8 Å². The van der Waals surface area contributed by atoms with E-state index >= 15 is 0 Å². The van der Waals surface area contributed by atoms with Crippen molar-refractivity contribution in [3.05, 3.63) is 81.2 Å². The molecule has 0 aliphatic carbocycles. The van der Waals surface area contributed by atoms with E-state index in [1.54, 1.807) is 18.2 Å². The number of benzene rings is 2. The highest BCUT2D eigenvalue weighted by molar-refractivity contribution is 6.33. The summed E-state index contributed by atoms with van der Waals surface area (Å²) in [7, 11) is 0. The Kier molecular flexibility index (Phi) is 4.32. The van der Waals surface area contributed by atoms with E-state index in [1.807, 2.05) is 36.4 Å². The fourth-order valence-electron chi connectivity index (χ4n) is 2.59. The molecule has 1 N–H and O–H groups in total. The van der Waals surface area contributed by atoms with Crippen molar-refractivity contribution in [1.82, 2.24) is 19.6 Å². The number of aromatic amines is 1. The summed E-state index contributed by atoms with van der Waals surface area (Å²) in [6, 6.07) is 17.7. The number of halogens is 1. The number of nitrogens with one attached hydrogen (secondary N) is 1. The van der Waals surface area contributed by atoms with Crippen LogP contribution >= 0.6 is 11.6 Å². The molecule has 2 aromatic heterocycles. The van der Waals surface area contributed by atoms with Crippen molar-refractivity contribution in [3.63, 3.8) is 0 Å². The number of nitriles is 1. The van der Waals surface area contributed by atoms with Gasteiger partial charge in [0.05, 0.1) is 11.3 Å². The van der Waals surface area contributed by atoms with Gasteiger partial charge in [-0.25, -0.2) is 0 Å². The summed E-state index contributed by atoms with van der Waals surface area (Å²) in [6.07, 6.45) is 0. The number of H-pyrrole nitrogens is 1. The number of rotatable bonds is 4. The molecule has 0 bridgehead atoms. The van der Waals surface area contributed by atoms with E-state index in [1.165, 1.54) is 10.6 Å². The number of fused-ring (bicyclic) bond motifs is 1. The van der Waals surface area contributed by atoms with Crippen LogP contribution in [0.4, 0.5) is 0 Å². The number of hydrogen-bond donors (Lipinski definition) is 1. The minimum absolute atomic E-state index is 0.0634. The van der Waals surface area contributed by atoms with Crippen LogP contribution in [0.2, 0.25) is 5.02 Å². The van der Waals surface area contributed by atoms with Crippen molar-refractivity contribution >= 4 is 17.4 Å². The lowest BCUT2D eigenvalue weighted by atomic mass is 10.2. The zero-order valence-corrected chi connectivity index (χ0v) is 14.6. The highest BCUT2D eigenvalue weighted by atomic mass is 35.5. The molecule has 4 rings (SSSR count). The lowest BCUT2D eigenvalue weighted by Crippen LogP contribution is -2.16. The molecule has 0 saturated heterocycles. The number of nitrogens with zero attached hydrogens (tertiary/aromatic N) is 4. The molecular weight excluding hydrogens is 366 g/mol. The molecule has 2 aromatic carbocycles. The van der Waals surface area contributed by atoms with Gasteiger partial charge in [0.2, 0.25) is 5.78 Å². The van der Waals surface area contributed by atoms with Gasteiger partial charge in [0.25, 0.3) is 5.56 Å². The quantitative estimate of drug-likeness (QED) is 0.589. The van der Waals surface area contributed by atoms with Crippen molar-refractivity contribution in [2.45, 2.75) is 6.61 Å². The van der Waals surface area contributed by atoms with Crippen molar-refractivity contribution < 1.29 is 4.74 Å². The molecule has 0 aliphatic heterocycles. The Morgan fingerprint density at radius 1 is 1.19 bits per heavy atom. The molecule has 2 heterocycles. The van der Waals surface area contributed by atoms with E-state index in [4.69, 9.17) is 21.6 Å². The SMILES string of the molecule is N#Cc1cccc(OCc2cc(=O)n3nc(-c4ccccc4)nc3[nH]2)c1Cl. The standard InChI is InChI=1S/C19H12ClN5O2/c20-17-13(10-21)7-4-8-15(17)27-11-14-9-16(26)25-19(22-14)23-18(24-25)12-5-2-1-3-6-12/h1-9H,11H2,(H,22,23,24). The third-order valence-electron chi connectivity index (χ3n) is 3.88. The van der Waals surface area contributed by atoms with Gasteiger partial charge in [-0.15, -0.1) is 5.10 Å². The zero-order chi connectivity index (χ0) is 18.8. The second-order valence-corrected chi connectivity index (χ2v) is 6.07. The maximum Gasteiger partial charge on any atom is 0.276 e. The molecular formula is C19H12ClN5O2. The van der Waals surface area contributed by atoms with Gasteiger partial charge in [0, 0.05) is 11.6 Å². The normalized spacial score (nSPS) is 10.7. The molecule has 132 valence electrons. The van der Waals surface area contributed by atoms with Crippen LogP contribution in [0.3, 0.4) is 0 Å². The predicted molar refractivity (Wildman–Crippen MR) is 99.5 cm³/mol. The number of aromatic nitrogens is 4. The van der Waals surface area contributed by atoms with Gasteiger partial charge >= 0.3 is 0 Å². The first-order valence-electron chi connectivity index (χ1n) is 8.01. The molecule has 0 atom stereocenters. The van der Waals surface area contributed by atoms with E-state index in [0.717, 1.165) is 5.56 Å². The van der Waals surface area contributed by atoms with Crippen molar-refractivity contribution in [3.8, 4) is 23.2 Å². The predicted octanol–water partition coefficient (Wildman–Crippen LogP) is 3.19. The highest BCUT2D eigenvalue weighted by Gasteiger charge is 2.11. The topological polar surface area (TPSA) is 96.1 Å². The van der Waals surface area contributed by atoms with E-state index in [-0.39, 0.29) is 17.2 Å². The largest absolute Gasteiger partial charge is 0.486 e. The Balaban J connectivity index is 1.64. The molecule has 0 amide bonds. The molecule has 7 nitrogen and oxygen atoms in total. The molecule has 4 aromatic rings. The van der Waals surface area contributed by atoms with Crippen molar-refractivity contribution in [2.24, 2.45) is 0 Å². The Labute approximate surface area is 158 Å². The first-order valence-corrected chi connectivity index (χ1v) is 8.39. The second kappa shape index (κ2) is 6.94. The molecule has 0 aliphatic rings. The fourth-order valence-corrected chi connectivity index (χ4v) is 2.81. The summed E-state index contributed by atoms with van der Waals surface area (Å²) in [5.74, 6) is 1.13. The third-order valence-corrected chi connectivity index (χ3v) is 4.27. The fraction of sp³-hybridized carbons (Fsp3) is 0.0526. The monoisotopic (exact) mass is 377 g/mol. The maximum atomic E-state index is 12.3. The highest BCUT2D eigenvalue weighted by Crippen LogP contribution is 2.28. The van der Waals surface area contributed by atoms with Crippen molar-refractivity contribution in [2.75, 3.05) is 0 Å². The van der Waals surface area contributed by atoms with E-state index in [9.17, 15) is 4.79 Å². The van der Waals surface area contributed by atoms with Crippen molar-refractivity contribution in [1.29, 1.82) is 5.26 Å². The summed E-state index contributed by atoms with van der Waals surface area (Å²) in [6.45, 7) is 0.0634. The first-order chi connectivity index (χ1) is 13.2. The van der Waals surface area contributed by atoms with Gasteiger partial charge in [0.1, 0.15) is 23.4 Å². The van der Waals surface area contributed by atoms with Crippen LogP contribution in [-0.4, -0.2) is 19.6 Å². The first kappa shape index (κ1) is 16.8. The average molecular weight is 378 g/mol. The van der Waals surface area contributed by atoms with Gasteiger partial charge in [-0.3, -0.25) is 4.79 Å². The van der Waals surface area contributed by atoms with E-state index in [2.05, 4.69) is 15.1 Å². The van der Waals surface area contributed by atoms with Gasteiger partial charge in [0.15, 0.2) is 5.82 Å². The molecule has 27 heavy (non-hydrogen) atoms. The Morgan fingerprint density at radius 3 is 2.78 bits per heavy atom. The maximum absolute atomic E-state index is 12.3. The van der Waals surface area contributed by atoms with Gasteiger partial charge in [-0.05, 0) is 12.1 Å². The van der Waals surface area contributed by atoms with Crippen LogP contribution in [0, 0.1) is 11.3 Å². The molecule has 0 radical (unpaired) electrons. The molecule has 0 spiro atoms. The van der Waals surface area contributed by atoms with Crippen LogP contribution in [-0.2, 0) is 6.61 Å². The van der Waals surface area contributed by atoms with Crippen LogP contribution in [0.25, 0.3) is 17.2 Å². The summed E-state index contributed by atoms with van der Waals surface area (Å²) < 4.78 is 6.85. The Morgan fingerprint density at radius 2 is 2.00 bits per heavy atom. The van der Waals surface area contributed by atoms with Crippen LogP contribution in [0.15, 0.2) is 59.4 Å². The van der Waals surface area contributed by atoms with Crippen LogP contribution < -0.4 is 10.3 Å². The lowest BCUT2D eigenvalue weighted by Gasteiger charge is -2.08. The van der Waals surface area contributed by atoms with E-state index in [0.29, 0.717) is 28.6 Å². The number of hydrogen-bond acceptors (Lipinski definition) is 5. The molecule has 0 unspecified atom stereocenters. The summed E-state index contributed by atoms with van der Waals surface area (Å²) in [5.41, 5.74) is 1.32. The summed E-state index contributed by atoms with van der Waals surface area (Å²) in [5, 5.41) is 13.5. The number of ether oxygens (including phenoxy) is 1. The van der Waals surface area contributed by atoms with Crippen LogP contribution in [0.1, 0.15) is 11.3 Å². The third kappa shape index (κ3) is 3.26. The minimum atomic E-state index is -0.325. The Bertz CT molecular complexity index is 1220. The van der Waals surface area contributed by atoms with Gasteiger partial charge in [-0.1, -0.05) is 48.0 Å². The molecule has 0 fully saturated rings. The Hall–Kier alpha value is -3.63. The molecule has 8 heteroatoms. The average Bonchev–Trinajstić information content (AvgIpc) is 3.13. The lowest BCUT2D eigenvalue weighted by molar-refractivity contribution is 0.301. The molecule has 0 saturated carbocycles. The minimum Gasteiger partial charge on any atom is -0.486 e. The smallest absolute Gasteiger partial charge is 0.276 e. The van der Waals surface area contributed by atoms with Gasteiger partial charge < -0.3 is 9.72 Å². The summed E-state index contributed by atoms with van der Waals surface area (Å²) >= 11 is 6.13. The second-order valence-electron chi connectivity index (χ2n) is 5.69.